The maximum Gasteiger partial charge on any atom is -0.0241 e. The van der Waals surface area contributed by atoms with Gasteiger partial charge in [0.15, 0.2) is 0 Å². The highest BCUT2D eigenvalue weighted by Gasteiger charge is 2.58. The van der Waals surface area contributed by atoms with Crippen molar-refractivity contribution in [2.45, 2.75) is 40.0 Å². The Hall–Kier alpha value is 0. The lowest BCUT2D eigenvalue weighted by Crippen LogP contribution is -2.57. The maximum atomic E-state index is 2.42. The largest absolute Gasteiger partial charge is 0.0622 e. The topological polar surface area (TPSA) is 0 Å². The molecule has 10 heavy (non-hydrogen) atoms. The lowest BCUT2D eigenvalue weighted by molar-refractivity contribution is -0.158. The van der Waals surface area contributed by atoms with Gasteiger partial charge in [-0.15, -0.1) is 0 Å². The van der Waals surface area contributed by atoms with Gasteiger partial charge in [0.25, 0.3) is 0 Å². The summed E-state index contributed by atoms with van der Waals surface area (Å²) in [6.45, 7) is 7.22. The zero-order valence-electron chi connectivity index (χ0n) is 7.35. The van der Waals surface area contributed by atoms with Crippen LogP contribution in [0.15, 0.2) is 0 Å². The summed E-state index contributed by atoms with van der Waals surface area (Å²) < 4.78 is 0. The minimum atomic E-state index is 0.833. The van der Waals surface area contributed by atoms with E-state index in [9.17, 15) is 0 Å². The average molecular weight is 138 g/mol. The summed E-state index contributed by atoms with van der Waals surface area (Å²) in [7, 11) is 0. The third-order valence-electron chi connectivity index (χ3n) is 4.20. The van der Waals surface area contributed by atoms with Gasteiger partial charge in [-0.3, -0.25) is 0 Å². The van der Waals surface area contributed by atoms with E-state index in [1.807, 2.05) is 0 Å². The summed E-state index contributed by atoms with van der Waals surface area (Å²) in [5.41, 5.74) is 0.833. The minimum Gasteiger partial charge on any atom is -0.0622 e. The van der Waals surface area contributed by atoms with Gasteiger partial charge in [0.05, 0.1) is 0 Å². The van der Waals surface area contributed by atoms with E-state index < -0.39 is 0 Å². The molecule has 0 nitrogen and oxygen atoms in total. The molecule has 2 saturated carbocycles. The van der Waals surface area contributed by atoms with Crippen molar-refractivity contribution in [2.75, 3.05) is 0 Å². The van der Waals surface area contributed by atoms with Crippen molar-refractivity contribution in [3.8, 4) is 0 Å². The van der Waals surface area contributed by atoms with Crippen LogP contribution in [0.2, 0.25) is 0 Å². The summed E-state index contributed by atoms with van der Waals surface area (Å²) in [6, 6.07) is 0. The quantitative estimate of drug-likeness (QED) is 0.522. The molecule has 2 fully saturated rings. The molecule has 0 N–H and O–H groups in total. The Morgan fingerprint density at radius 2 is 2.10 bits per heavy atom. The number of hydrogen-bond acceptors (Lipinski definition) is 0. The molecule has 0 bridgehead atoms. The molecule has 3 unspecified atom stereocenters. The van der Waals surface area contributed by atoms with Crippen molar-refractivity contribution in [2.24, 2.45) is 23.2 Å². The summed E-state index contributed by atoms with van der Waals surface area (Å²) in [4.78, 5) is 0. The number of fused-ring (bicyclic) bond motifs is 1. The van der Waals surface area contributed by atoms with Crippen LogP contribution in [0, 0.1) is 23.2 Å². The van der Waals surface area contributed by atoms with Crippen LogP contribution in [0.25, 0.3) is 0 Å². The molecular weight excluding hydrogens is 120 g/mol. The highest BCUT2D eigenvalue weighted by Crippen LogP contribution is 2.67. The van der Waals surface area contributed by atoms with Gasteiger partial charge >= 0.3 is 0 Å². The van der Waals surface area contributed by atoms with Crippen molar-refractivity contribution in [1.29, 1.82) is 0 Å². The third kappa shape index (κ3) is 0.538. The molecule has 0 saturated heterocycles. The molecular formula is C10H18. The predicted molar refractivity (Wildman–Crippen MR) is 43.8 cm³/mol. The van der Waals surface area contributed by atoms with E-state index in [-0.39, 0.29) is 0 Å². The number of rotatable bonds is 1. The summed E-state index contributed by atoms with van der Waals surface area (Å²) in [5.74, 6) is 3.12. The fourth-order valence-corrected chi connectivity index (χ4v) is 3.32. The van der Waals surface area contributed by atoms with Crippen LogP contribution in [-0.2, 0) is 0 Å². The van der Waals surface area contributed by atoms with Gasteiger partial charge < -0.3 is 0 Å². The fraction of sp³-hybridized carbons (Fsp3) is 1.00. The molecule has 0 heterocycles. The summed E-state index contributed by atoms with van der Waals surface area (Å²) in [5, 5.41) is 0. The Morgan fingerprint density at radius 3 is 2.20 bits per heavy atom. The second-order valence-corrected chi connectivity index (χ2v) is 4.71. The van der Waals surface area contributed by atoms with Gasteiger partial charge in [0.2, 0.25) is 0 Å². The standard InChI is InChI=1S/C10H18/c1-7(2)10-5-4-9(10)8(3)6-10/h7-9H,4-6H2,1-3H3. The van der Waals surface area contributed by atoms with Crippen LogP contribution >= 0.6 is 0 Å². The smallest absolute Gasteiger partial charge is 0.0241 e. The van der Waals surface area contributed by atoms with Gasteiger partial charge in [0, 0.05) is 0 Å². The first kappa shape index (κ1) is 6.69. The Balaban J connectivity index is 2.07. The summed E-state index contributed by atoms with van der Waals surface area (Å²) >= 11 is 0. The molecule has 2 aliphatic carbocycles. The van der Waals surface area contributed by atoms with Crippen molar-refractivity contribution in [3.05, 3.63) is 0 Å². The van der Waals surface area contributed by atoms with E-state index in [1.165, 1.54) is 19.3 Å². The molecule has 0 aromatic heterocycles. The highest BCUT2D eigenvalue weighted by atomic mass is 14.6. The zero-order chi connectivity index (χ0) is 7.35. The van der Waals surface area contributed by atoms with E-state index in [1.54, 1.807) is 0 Å². The first-order valence-electron chi connectivity index (χ1n) is 4.67. The Morgan fingerprint density at radius 1 is 1.40 bits per heavy atom. The molecule has 0 aliphatic heterocycles. The SMILES string of the molecule is CC1CC2(C(C)C)CCC12. The van der Waals surface area contributed by atoms with Crippen LogP contribution in [-0.4, -0.2) is 0 Å². The lowest BCUT2D eigenvalue weighted by atomic mass is 9.40. The highest BCUT2D eigenvalue weighted by molar-refractivity contribution is 5.08. The maximum absolute atomic E-state index is 2.42. The Labute approximate surface area is 64.0 Å². The number of hydrogen-bond donors (Lipinski definition) is 0. The van der Waals surface area contributed by atoms with Crippen LogP contribution < -0.4 is 0 Å². The van der Waals surface area contributed by atoms with Gasteiger partial charge in [-0.05, 0) is 42.4 Å². The van der Waals surface area contributed by atoms with Crippen molar-refractivity contribution in [3.63, 3.8) is 0 Å². The van der Waals surface area contributed by atoms with Crippen LogP contribution in [0.3, 0.4) is 0 Å². The fourth-order valence-electron chi connectivity index (χ4n) is 3.32. The zero-order valence-corrected chi connectivity index (χ0v) is 7.35. The molecule has 58 valence electrons. The molecule has 0 spiro atoms. The lowest BCUT2D eigenvalue weighted by Gasteiger charge is -2.65. The van der Waals surface area contributed by atoms with Crippen LogP contribution in [0.5, 0.6) is 0 Å². The molecule has 2 rings (SSSR count). The first-order valence-corrected chi connectivity index (χ1v) is 4.67. The molecule has 3 atom stereocenters. The molecule has 0 heteroatoms. The Bertz CT molecular complexity index is 148. The van der Waals surface area contributed by atoms with E-state index in [4.69, 9.17) is 0 Å². The van der Waals surface area contributed by atoms with Gasteiger partial charge in [-0.2, -0.15) is 0 Å². The van der Waals surface area contributed by atoms with E-state index in [0.717, 1.165) is 23.2 Å². The van der Waals surface area contributed by atoms with Crippen molar-refractivity contribution >= 4 is 0 Å². The monoisotopic (exact) mass is 138 g/mol. The van der Waals surface area contributed by atoms with Crippen molar-refractivity contribution < 1.29 is 0 Å². The molecule has 0 aromatic rings. The normalized spacial score (nSPS) is 51.6. The second kappa shape index (κ2) is 1.78. The predicted octanol–water partition coefficient (Wildman–Crippen LogP) is 3.08. The molecule has 0 amide bonds. The molecule has 0 radical (unpaired) electrons. The second-order valence-electron chi connectivity index (χ2n) is 4.71. The van der Waals surface area contributed by atoms with Gasteiger partial charge in [0.1, 0.15) is 0 Å². The minimum absolute atomic E-state index is 0.833. The summed E-state index contributed by atoms with van der Waals surface area (Å²) in [6.07, 6.45) is 4.58. The van der Waals surface area contributed by atoms with E-state index in [2.05, 4.69) is 20.8 Å². The van der Waals surface area contributed by atoms with Crippen LogP contribution in [0.1, 0.15) is 40.0 Å². The van der Waals surface area contributed by atoms with Crippen LogP contribution in [0.4, 0.5) is 0 Å². The van der Waals surface area contributed by atoms with Gasteiger partial charge in [-0.25, -0.2) is 0 Å². The molecule has 2 aliphatic rings. The molecule has 0 aromatic carbocycles. The average Bonchev–Trinajstić information content (AvgIpc) is 1.80. The first-order chi connectivity index (χ1) is 4.67. The van der Waals surface area contributed by atoms with Crippen molar-refractivity contribution in [1.82, 2.24) is 0 Å². The van der Waals surface area contributed by atoms with E-state index >= 15 is 0 Å². The Kier molecular flexibility index (Phi) is 1.19. The van der Waals surface area contributed by atoms with E-state index in [0.29, 0.717) is 0 Å². The van der Waals surface area contributed by atoms with Gasteiger partial charge in [-0.1, -0.05) is 20.8 Å². The third-order valence-corrected chi connectivity index (χ3v) is 4.20.